The number of rotatable bonds is 7. The van der Waals surface area contributed by atoms with Crippen molar-refractivity contribution in [2.75, 3.05) is 11.9 Å². The van der Waals surface area contributed by atoms with Crippen LogP contribution in [0.15, 0.2) is 71.3 Å². The van der Waals surface area contributed by atoms with E-state index in [-0.39, 0.29) is 23.6 Å². The number of furan rings is 1. The van der Waals surface area contributed by atoms with Crippen LogP contribution in [-0.4, -0.2) is 24.4 Å². The van der Waals surface area contributed by atoms with E-state index in [0.29, 0.717) is 5.02 Å². The number of esters is 1. The molecule has 0 spiro atoms. The molecule has 0 bridgehead atoms. The van der Waals surface area contributed by atoms with Crippen LogP contribution in [0.1, 0.15) is 26.5 Å². The minimum Gasteiger partial charge on any atom is -0.459 e. The fraction of sp³-hybridized carbons (Fsp3) is 0.0952. The van der Waals surface area contributed by atoms with Gasteiger partial charge in [-0.05, 0) is 42.0 Å². The van der Waals surface area contributed by atoms with Gasteiger partial charge < -0.3 is 19.8 Å². The molecule has 0 unspecified atom stereocenters. The zero-order valence-corrected chi connectivity index (χ0v) is 15.9. The van der Waals surface area contributed by atoms with Gasteiger partial charge in [0.2, 0.25) is 0 Å². The van der Waals surface area contributed by atoms with Crippen molar-refractivity contribution in [2.24, 2.45) is 0 Å². The van der Waals surface area contributed by atoms with E-state index in [1.54, 1.807) is 42.5 Å². The Bertz CT molecular complexity index is 1020. The minimum absolute atomic E-state index is 0.105. The summed E-state index contributed by atoms with van der Waals surface area (Å²) in [7, 11) is 0. The predicted octanol–water partition coefficient (Wildman–Crippen LogP) is 3.66. The number of amides is 2. The first-order valence-corrected chi connectivity index (χ1v) is 9.03. The van der Waals surface area contributed by atoms with E-state index in [2.05, 4.69) is 10.6 Å². The van der Waals surface area contributed by atoms with Gasteiger partial charge in [-0.1, -0.05) is 35.9 Å². The van der Waals surface area contributed by atoms with Crippen molar-refractivity contribution in [2.45, 2.75) is 6.54 Å². The fourth-order valence-corrected chi connectivity index (χ4v) is 2.68. The Hall–Kier alpha value is -3.58. The highest BCUT2D eigenvalue weighted by Gasteiger charge is 2.17. The molecule has 3 aromatic rings. The molecule has 1 aromatic heterocycles. The summed E-state index contributed by atoms with van der Waals surface area (Å²) < 4.78 is 10.1. The maximum Gasteiger partial charge on any atom is 0.340 e. The quantitative estimate of drug-likeness (QED) is 0.577. The number of halogens is 1. The number of nitrogens with one attached hydrogen (secondary N) is 2. The lowest BCUT2D eigenvalue weighted by Gasteiger charge is -2.10. The number of hydrogen-bond donors (Lipinski definition) is 2. The van der Waals surface area contributed by atoms with E-state index in [1.807, 2.05) is 6.07 Å². The zero-order valence-electron chi connectivity index (χ0n) is 15.2. The highest BCUT2D eigenvalue weighted by molar-refractivity contribution is 6.30. The Labute approximate surface area is 171 Å². The summed E-state index contributed by atoms with van der Waals surface area (Å²) in [6.45, 7) is -0.202. The largest absolute Gasteiger partial charge is 0.459 e. The molecule has 0 fully saturated rings. The maximum absolute atomic E-state index is 12.4. The SMILES string of the molecule is O=C(COC(=O)c1ccccc1NC(=O)c1ccco1)NCc1cccc(Cl)c1. The molecular weight excluding hydrogens is 396 g/mol. The van der Waals surface area contributed by atoms with Gasteiger partial charge in [0.1, 0.15) is 0 Å². The van der Waals surface area contributed by atoms with Crippen molar-refractivity contribution >= 4 is 35.1 Å². The summed E-state index contributed by atoms with van der Waals surface area (Å²) in [5.41, 5.74) is 1.19. The van der Waals surface area contributed by atoms with Crippen LogP contribution in [0.4, 0.5) is 5.69 Å². The molecule has 2 amide bonds. The Morgan fingerprint density at radius 1 is 1.00 bits per heavy atom. The third kappa shape index (κ3) is 5.70. The molecule has 0 saturated heterocycles. The normalized spacial score (nSPS) is 10.2. The summed E-state index contributed by atoms with van der Waals surface area (Å²) in [4.78, 5) is 36.4. The van der Waals surface area contributed by atoms with Gasteiger partial charge in [0.05, 0.1) is 17.5 Å². The van der Waals surface area contributed by atoms with Gasteiger partial charge in [-0.2, -0.15) is 0 Å². The summed E-state index contributed by atoms with van der Waals surface area (Å²) in [5.74, 6) is -1.60. The molecule has 0 saturated carbocycles. The number of ether oxygens (including phenoxy) is 1. The van der Waals surface area contributed by atoms with Gasteiger partial charge in [0.25, 0.3) is 11.8 Å². The summed E-state index contributed by atoms with van der Waals surface area (Å²) in [6, 6.07) is 16.5. The average Bonchev–Trinajstić information content (AvgIpc) is 3.26. The van der Waals surface area contributed by atoms with Crippen LogP contribution >= 0.6 is 11.6 Å². The van der Waals surface area contributed by atoms with Crippen LogP contribution < -0.4 is 10.6 Å². The first kappa shape index (κ1) is 20.2. The molecule has 29 heavy (non-hydrogen) atoms. The second-order valence-electron chi connectivity index (χ2n) is 5.96. The number of hydrogen-bond acceptors (Lipinski definition) is 5. The second-order valence-corrected chi connectivity index (χ2v) is 6.40. The molecule has 3 rings (SSSR count). The molecule has 0 aliphatic carbocycles. The third-order valence-corrected chi connectivity index (χ3v) is 4.09. The van der Waals surface area contributed by atoms with Crippen LogP contribution in [-0.2, 0) is 16.1 Å². The van der Waals surface area contributed by atoms with Crippen molar-refractivity contribution < 1.29 is 23.5 Å². The third-order valence-electron chi connectivity index (χ3n) is 3.85. The van der Waals surface area contributed by atoms with E-state index >= 15 is 0 Å². The van der Waals surface area contributed by atoms with Crippen molar-refractivity contribution in [1.82, 2.24) is 5.32 Å². The van der Waals surface area contributed by atoms with E-state index in [1.165, 1.54) is 18.4 Å². The molecule has 7 nitrogen and oxygen atoms in total. The standard InChI is InChI=1S/C21H17ClN2O5/c22-15-6-3-5-14(11-15)12-23-19(25)13-29-21(27)16-7-1-2-8-17(16)24-20(26)18-9-4-10-28-18/h1-11H,12-13H2,(H,23,25)(H,24,26). The van der Waals surface area contributed by atoms with Gasteiger partial charge in [-0.25, -0.2) is 4.79 Å². The molecule has 2 N–H and O–H groups in total. The molecule has 0 aliphatic heterocycles. The van der Waals surface area contributed by atoms with Gasteiger partial charge in [-0.3, -0.25) is 9.59 Å². The molecular formula is C21H17ClN2O5. The summed E-state index contributed by atoms with van der Waals surface area (Å²) in [5, 5.41) is 5.79. The Morgan fingerprint density at radius 2 is 1.83 bits per heavy atom. The van der Waals surface area contributed by atoms with Crippen molar-refractivity contribution in [3.8, 4) is 0 Å². The Kier molecular flexibility index (Phi) is 6.65. The highest BCUT2D eigenvalue weighted by atomic mass is 35.5. The molecule has 148 valence electrons. The van der Waals surface area contributed by atoms with Crippen molar-refractivity contribution in [3.05, 3.63) is 88.8 Å². The van der Waals surface area contributed by atoms with Crippen molar-refractivity contribution in [1.29, 1.82) is 0 Å². The Morgan fingerprint density at radius 3 is 2.59 bits per heavy atom. The number of para-hydroxylation sites is 1. The zero-order chi connectivity index (χ0) is 20.6. The van der Waals surface area contributed by atoms with E-state index in [4.69, 9.17) is 20.8 Å². The van der Waals surface area contributed by atoms with Crippen LogP contribution in [0.2, 0.25) is 5.02 Å². The second kappa shape index (κ2) is 9.57. The smallest absolute Gasteiger partial charge is 0.340 e. The van der Waals surface area contributed by atoms with Crippen LogP contribution in [0.25, 0.3) is 0 Å². The monoisotopic (exact) mass is 412 g/mol. The number of anilines is 1. The van der Waals surface area contributed by atoms with Gasteiger partial charge in [0.15, 0.2) is 12.4 Å². The van der Waals surface area contributed by atoms with E-state index < -0.39 is 24.4 Å². The minimum atomic E-state index is -0.738. The Balaban J connectivity index is 1.55. The lowest BCUT2D eigenvalue weighted by molar-refractivity contribution is -0.124. The number of carbonyl (C=O) groups is 3. The summed E-state index contributed by atoms with van der Waals surface area (Å²) in [6.07, 6.45) is 1.37. The number of benzene rings is 2. The predicted molar refractivity (Wildman–Crippen MR) is 107 cm³/mol. The summed E-state index contributed by atoms with van der Waals surface area (Å²) >= 11 is 5.90. The lowest BCUT2D eigenvalue weighted by Crippen LogP contribution is -2.28. The molecule has 8 heteroatoms. The van der Waals surface area contributed by atoms with E-state index in [9.17, 15) is 14.4 Å². The lowest BCUT2D eigenvalue weighted by atomic mass is 10.1. The van der Waals surface area contributed by atoms with Crippen molar-refractivity contribution in [3.63, 3.8) is 0 Å². The van der Waals surface area contributed by atoms with E-state index in [0.717, 1.165) is 5.56 Å². The first-order chi connectivity index (χ1) is 14.0. The fourth-order valence-electron chi connectivity index (χ4n) is 2.47. The topological polar surface area (TPSA) is 97.6 Å². The molecule has 0 aliphatic rings. The molecule has 0 radical (unpaired) electrons. The van der Waals surface area contributed by atoms with Gasteiger partial charge in [-0.15, -0.1) is 0 Å². The average molecular weight is 413 g/mol. The van der Waals surface area contributed by atoms with Crippen LogP contribution in [0.5, 0.6) is 0 Å². The molecule has 0 atom stereocenters. The van der Waals surface area contributed by atoms with Crippen LogP contribution in [0, 0.1) is 0 Å². The highest BCUT2D eigenvalue weighted by Crippen LogP contribution is 2.17. The molecule has 1 heterocycles. The van der Waals surface area contributed by atoms with Gasteiger partial charge >= 0.3 is 5.97 Å². The van der Waals surface area contributed by atoms with Gasteiger partial charge in [0, 0.05) is 11.6 Å². The van der Waals surface area contributed by atoms with Crippen LogP contribution in [0.3, 0.4) is 0 Å². The first-order valence-electron chi connectivity index (χ1n) is 8.65. The number of carbonyl (C=O) groups excluding carboxylic acids is 3. The maximum atomic E-state index is 12.4. The molecule has 2 aromatic carbocycles.